The van der Waals surface area contributed by atoms with E-state index in [4.69, 9.17) is 21.1 Å². The van der Waals surface area contributed by atoms with Crippen molar-refractivity contribution in [3.8, 4) is 0 Å². The van der Waals surface area contributed by atoms with Gasteiger partial charge in [-0.05, 0) is 44.7 Å². The third kappa shape index (κ3) is 5.85. The van der Waals surface area contributed by atoms with Gasteiger partial charge in [0.2, 0.25) is 0 Å². The number of nitrogens with one attached hydrogen (secondary N) is 1. The van der Waals surface area contributed by atoms with E-state index in [2.05, 4.69) is 5.32 Å². The van der Waals surface area contributed by atoms with Gasteiger partial charge in [-0.1, -0.05) is 41.9 Å². The van der Waals surface area contributed by atoms with Crippen LogP contribution >= 0.6 is 11.6 Å². The maximum atomic E-state index is 14.9. The molecular weight excluding hydrogens is 459 g/mol. The first-order valence-electron chi connectivity index (χ1n) is 10.8. The van der Waals surface area contributed by atoms with Crippen molar-refractivity contribution >= 4 is 23.5 Å². The van der Waals surface area contributed by atoms with Gasteiger partial charge in [-0.3, -0.25) is 4.90 Å². The lowest BCUT2D eigenvalue weighted by molar-refractivity contribution is -0.139. The number of esters is 2. The zero-order valence-corrected chi connectivity index (χ0v) is 20.4. The standard InChI is InChI=1S/C26H28ClFN2O4/c1-16-22(25(31)33-4)24(20-14-19(27)10-11-21(20)28)23(17(2)29-16)26(32)34-13-12-30(3)15-18-8-6-5-7-9-18/h5-11,14,24,29H,12-13,15H2,1-4H3. The molecule has 3 rings (SSSR count). The fraction of sp³-hybridized carbons (Fsp3) is 0.308. The van der Waals surface area contributed by atoms with Crippen molar-refractivity contribution in [1.29, 1.82) is 0 Å². The molecule has 1 N–H and O–H groups in total. The first-order valence-corrected chi connectivity index (χ1v) is 11.2. The van der Waals surface area contributed by atoms with Crippen LogP contribution in [0.2, 0.25) is 5.02 Å². The molecule has 0 spiro atoms. The molecule has 1 aliphatic heterocycles. The SMILES string of the molecule is COC(=O)C1=C(C)NC(C)=C(C(=O)OCCN(C)Cc2ccccc2)C1c1cc(Cl)ccc1F. The van der Waals surface area contributed by atoms with Crippen LogP contribution in [-0.2, 0) is 25.6 Å². The molecule has 6 nitrogen and oxygen atoms in total. The molecule has 0 bridgehead atoms. The van der Waals surface area contributed by atoms with Crippen LogP contribution in [-0.4, -0.2) is 44.1 Å². The van der Waals surface area contributed by atoms with Crippen LogP contribution < -0.4 is 5.32 Å². The fourth-order valence-electron chi connectivity index (χ4n) is 4.04. The Labute approximate surface area is 204 Å². The summed E-state index contributed by atoms with van der Waals surface area (Å²) in [5.41, 5.74) is 2.44. The van der Waals surface area contributed by atoms with Crippen LogP contribution in [0.15, 0.2) is 71.1 Å². The van der Waals surface area contributed by atoms with Crippen LogP contribution in [0.4, 0.5) is 4.39 Å². The Kier molecular flexibility index (Phi) is 8.47. The van der Waals surface area contributed by atoms with E-state index in [1.54, 1.807) is 13.8 Å². The third-order valence-corrected chi connectivity index (χ3v) is 5.89. The van der Waals surface area contributed by atoms with Gasteiger partial charge in [0.15, 0.2) is 0 Å². The number of carbonyl (C=O) groups excluding carboxylic acids is 2. The third-order valence-electron chi connectivity index (χ3n) is 5.66. The summed E-state index contributed by atoms with van der Waals surface area (Å²) in [5.74, 6) is -2.93. The number of benzene rings is 2. The average Bonchev–Trinajstić information content (AvgIpc) is 2.80. The van der Waals surface area contributed by atoms with Crippen molar-refractivity contribution in [2.45, 2.75) is 26.3 Å². The highest BCUT2D eigenvalue weighted by Gasteiger charge is 2.39. The Bertz CT molecular complexity index is 1130. The molecule has 2 aromatic rings. The van der Waals surface area contributed by atoms with E-state index in [1.807, 2.05) is 42.3 Å². The molecule has 0 aliphatic carbocycles. The molecule has 1 aliphatic rings. The number of dihydropyridines is 1. The van der Waals surface area contributed by atoms with Crippen LogP contribution in [0.3, 0.4) is 0 Å². The maximum absolute atomic E-state index is 14.9. The predicted octanol–water partition coefficient (Wildman–Crippen LogP) is 4.56. The summed E-state index contributed by atoms with van der Waals surface area (Å²) < 4.78 is 25.4. The molecule has 0 radical (unpaired) electrons. The summed E-state index contributed by atoms with van der Waals surface area (Å²) in [7, 11) is 3.17. The second-order valence-corrected chi connectivity index (χ2v) is 8.59. The summed E-state index contributed by atoms with van der Waals surface area (Å²) in [6.45, 7) is 4.68. The van der Waals surface area contributed by atoms with Crippen molar-refractivity contribution in [2.24, 2.45) is 0 Å². The quantitative estimate of drug-likeness (QED) is 0.552. The number of carbonyl (C=O) groups is 2. The van der Waals surface area contributed by atoms with Crippen molar-refractivity contribution in [1.82, 2.24) is 10.2 Å². The highest BCUT2D eigenvalue weighted by molar-refractivity contribution is 6.30. The second kappa shape index (κ2) is 11.3. The van der Waals surface area contributed by atoms with Gasteiger partial charge in [0.1, 0.15) is 12.4 Å². The van der Waals surface area contributed by atoms with E-state index in [1.165, 1.54) is 25.3 Å². The van der Waals surface area contributed by atoms with Gasteiger partial charge < -0.3 is 14.8 Å². The van der Waals surface area contributed by atoms with E-state index < -0.39 is 23.7 Å². The fourth-order valence-corrected chi connectivity index (χ4v) is 4.22. The van der Waals surface area contributed by atoms with Crippen molar-refractivity contribution < 1.29 is 23.5 Å². The number of hydrogen-bond acceptors (Lipinski definition) is 6. The first-order chi connectivity index (χ1) is 16.2. The number of rotatable bonds is 8. The molecule has 1 unspecified atom stereocenters. The molecular formula is C26H28ClFN2O4. The molecule has 1 heterocycles. The Morgan fingerprint density at radius 3 is 2.35 bits per heavy atom. The van der Waals surface area contributed by atoms with Crippen molar-refractivity contribution in [3.63, 3.8) is 0 Å². The maximum Gasteiger partial charge on any atom is 0.336 e. The normalized spacial score (nSPS) is 15.9. The van der Waals surface area contributed by atoms with Gasteiger partial charge in [-0.25, -0.2) is 14.0 Å². The van der Waals surface area contributed by atoms with Gasteiger partial charge in [0.05, 0.1) is 24.2 Å². The molecule has 0 aromatic heterocycles. The molecule has 0 saturated heterocycles. The minimum absolute atomic E-state index is 0.0984. The number of halogens is 2. The number of hydrogen-bond donors (Lipinski definition) is 1. The van der Waals surface area contributed by atoms with E-state index in [0.717, 1.165) is 5.56 Å². The van der Waals surface area contributed by atoms with Crippen LogP contribution in [0, 0.1) is 5.82 Å². The zero-order valence-electron chi connectivity index (χ0n) is 19.7. The smallest absolute Gasteiger partial charge is 0.336 e. The number of nitrogens with zero attached hydrogens (tertiary/aromatic N) is 1. The summed E-state index contributed by atoms with van der Waals surface area (Å²) in [6.07, 6.45) is 0. The topological polar surface area (TPSA) is 67.9 Å². The van der Waals surface area contributed by atoms with Crippen LogP contribution in [0.5, 0.6) is 0 Å². The van der Waals surface area contributed by atoms with E-state index in [-0.39, 0.29) is 28.3 Å². The number of ether oxygens (including phenoxy) is 2. The Morgan fingerprint density at radius 2 is 1.71 bits per heavy atom. The number of methoxy groups -OCH3 is 1. The lowest BCUT2D eigenvalue weighted by Crippen LogP contribution is -2.33. The van der Waals surface area contributed by atoms with Crippen LogP contribution in [0.25, 0.3) is 0 Å². The molecule has 34 heavy (non-hydrogen) atoms. The number of allylic oxidation sites excluding steroid dienone is 2. The second-order valence-electron chi connectivity index (χ2n) is 8.15. The van der Waals surface area contributed by atoms with Gasteiger partial charge >= 0.3 is 11.9 Å². The van der Waals surface area contributed by atoms with Crippen molar-refractivity contribution in [3.05, 3.63) is 93.0 Å². The highest BCUT2D eigenvalue weighted by Crippen LogP contribution is 2.40. The van der Waals surface area contributed by atoms with Gasteiger partial charge in [0, 0.05) is 35.1 Å². The van der Waals surface area contributed by atoms with Gasteiger partial charge in [-0.15, -0.1) is 0 Å². The summed E-state index contributed by atoms with van der Waals surface area (Å²) >= 11 is 6.13. The molecule has 0 saturated carbocycles. The molecule has 1 atom stereocenters. The van der Waals surface area contributed by atoms with Crippen molar-refractivity contribution in [2.75, 3.05) is 27.3 Å². The molecule has 2 aromatic carbocycles. The molecule has 0 fully saturated rings. The average molecular weight is 487 g/mol. The van der Waals surface area contributed by atoms with E-state index in [9.17, 15) is 14.0 Å². The monoisotopic (exact) mass is 486 g/mol. The van der Waals surface area contributed by atoms with E-state index in [0.29, 0.717) is 24.5 Å². The van der Waals surface area contributed by atoms with Crippen LogP contribution in [0.1, 0.15) is 30.9 Å². The predicted molar refractivity (Wildman–Crippen MR) is 128 cm³/mol. The Balaban J connectivity index is 1.83. The molecule has 0 amide bonds. The van der Waals surface area contributed by atoms with E-state index >= 15 is 0 Å². The highest BCUT2D eigenvalue weighted by atomic mass is 35.5. The van der Waals surface area contributed by atoms with Gasteiger partial charge in [-0.2, -0.15) is 0 Å². The summed E-state index contributed by atoms with van der Waals surface area (Å²) in [6, 6.07) is 14.0. The number of likely N-dealkylation sites (N-methyl/N-ethyl adjacent to an activating group) is 1. The summed E-state index contributed by atoms with van der Waals surface area (Å²) in [5, 5.41) is 3.32. The molecule has 180 valence electrons. The Hall–Kier alpha value is -3.16. The van der Waals surface area contributed by atoms with Gasteiger partial charge in [0.25, 0.3) is 0 Å². The zero-order chi connectivity index (χ0) is 24.8. The Morgan fingerprint density at radius 1 is 1.06 bits per heavy atom. The minimum Gasteiger partial charge on any atom is -0.466 e. The summed E-state index contributed by atoms with van der Waals surface area (Å²) in [4.78, 5) is 27.9. The first kappa shape index (κ1) is 25.5. The lowest BCUT2D eigenvalue weighted by atomic mass is 9.80. The molecule has 8 heteroatoms. The largest absolute Gasteiger partial charge is 0.466 e. The lowest BCUT2D eigenvalue weighted by Gasteiger charge is -2.30. The minimum atomic E-state index is -1.03.